The predicted molar refractivity (Wildman–Crippen MR) is 102 cm³/mol. The number of benzene rings is 2. The van der Waals surface area contributed by atoms with Crippen molar-refractivity contribution in [3.05, 3.63) is 83.3 Å². The molecule has 0 amide bonds. The summed E-state index contributed by atoms with van der Waals surface area (Å²) >= 11 is 5.31. The molecule has 0 fully saturated rings. The molecule has 1 heterocycles. The molecule has 6 heteroatoms. The van der Waals surface area contributed by atoms with E-state index < -0.39 is 0 Å². The molecule has 0 radical (unpaired) electrons. The van der Waals surface area contributed by atoms with Crippen LogP contribution in [0, 0.1) is 12.7 Å². The van der Waals surface area contributed by atoms with Crippen LogP contribution in [0.5, 0.6) is 0 Å². The second-order valence-corrected chi connectivity index (χ2v) is 6.12. The van der Waals surface area contributed by atoms with E-state index in [-0.39, 0.29) is 5.82 Å². The summed E-state index contributed by atoms with van der Waals surface area (Å²) in [7, 11) is 0. The van der Waals surface area contributed by atoms with Crippen molar-refractivity contribution >= 4 is 23.1 Å². The molecule has 128 valence electrons. The summed E-state index contributed by atoms with van der Waals surface area (Å²) in [6.45, 7) is 2.95. The maximum atomic E-state index is 13.8. The van der Waals surface area contributed by atoms with E-state index >= 15 is 0 Å². The highest BCUT2D eigenvalue weighted by Gasteiger charge is 2.08. The quantitative estimate of drug-likeness (QED) is 0.683. The molecule has 3 rings (SSSR count). The molecule has 2 N–H and O–H groups in total. The fourth-order valence-electron chi connectivity index (χ4n) is 2.46. The number of aromatic nitrogens is 2. The van der Waals surface area contributed by atoms with E-state index in [1.165, 1.54) is 6.07 Å². The summed E-state index contributed by atoms with van der Waals surface area (Å²) in [4.78, 5) is 0. The molecule has 0 saturated heterocycles. The van der Waals surface area contributed by atoms with Gasteiger partial charge in [-0.05, 0) is 30.8 Å². The molecule has 25 heavy (non-hydrogen) atoms. The van der Waals surface area contributed by atoms with Crippen LogP contribution < -0.4 is 10.6 Å². The minimum atomic E-state index is -0.230. The second-order valence-electron chi connectivity index (χ2n) is 5.71. The predicted octanol–water partition coefficient (Wildman–Crippen LogP) is 3.87. The lowest BCUT2D eigenvalue weighted by atomic mass is 10.2. The Balaban J connectivity index is 1.60. The summed E-state index contributed by atoms with van der Waals surface area (Å²) in [5.74, 6) is 0.409. The zero-order valence-electron chi connectivity index (χ0n) is 13.9. The van der Waals surface area contributed by atoms with Crippen LogP contribution in [0.3, 0.4) is 0 Å². The van der Waals surface area contributed by atoms with Crippen molar-refractivity contribution in [3.8, 4) is 0 Å². The molecule has 0 aliphatic rings. The van der Waals surface area contributed by atoms with Crippen molar-refractivity contribution in [2.24, 2.45) is 0 Å². The zero-order valence-corrected chi connectivity index (χ0v) is 14.7. The van der Waals surface area contributed by atoms with Gasteiger partial charge in [-0.1, -0.05) is 48.5 Å². The van der Waals surface area contributed by atoms with Gasteiger partial charge in [0.2, 0.25) is 0 Å². The minimum Gasteiger partial charge on any atom is -0.358 e. The van der Waals surface area contributed by atoms with Crippen molar-refractivity contribution < 1.29 is 4.39 Å². The van der Waals surface area contributed by atoms with Gasteiger partial charge in [-0.2, -0.15) is 5.10 Å². The third kappa shape index (κ3) is 4.64. The summed E-state index contributed by atoms with van der Waals surface area (Å²) in [6.07, 6.45) is 0. The highest BCUT2D eigenvalue weighted by molar-refractivity contribution is 7.80. The molecule has 0 aliphatic carbocycles. The van der Waals surface area contributed by atoms with Crippen molar-refractivity contribution in [1.82, 2.24) is 15.1 Å². The number of aryl methyl sites for hydroxylation is 1. The summed E-state index contributed by atoms with van der Waals surface area (Å²) in [5.41, 5.74) is 2.68. The number of nitrogens with zero attached hydrogens (tertiary/aromatic N) is 2. The van der Waals surface area contributed by atoms with Crippen LogP contribution in [0.2, 0.25) is 0 Å². The van der Waals surface area contributed by atoms with Gasteiger partial charge in [0.05, 0.1) is 6.54 Å². The Kier molecular flexibility index (Phi) is 5.40. The molecular formula is C19H19FN4S. The van der Waals surface area contributed by atoms with Gasteiger partial charge in [0.1, 0.15) is 5.82 Å². The van der Waals surface area contributed by atoms with E-state index in [1.807, 2.05) is 49.4 Å². The number of halogens is 1. The fraction of sp³-hybridized carbons (Fsp3) is 0.158. The van der Waals surface area contributed by atoms with Crippen LogP contribution >= 0.6 is 12.2 Å². The molecule has 0 atom stereocenters. The van der Waals surface area contributed by atoms with Gasteiger partial charge < -0.3 is 10.6 Å². The fourth-order valence-corrected chi connectivity index (χ4v) is 2.63. The van der Waals surface area contributed by atoms with Crippen molar-refractivity contribution in [3.63, 3.8) is 0 Å². The van der Waals surface area contributed by atoms with Crippen LogP contribution in [0.4, 0.5) is 10.2 Å². The van der Waals surface area contributed by atoms with Crippen LogP contribution in [0.15, 0.2) is 60.7 Å². The van der Waals surface area contributed by atoms with E-state index in [1.54, 1.807) is 16.8 Å². The normalized spacial score (nSPS) is 10.5. The largest absolute Gasteiger partial charge is 0.358 e. The Bertz CT molecular complexity index is 861. The molecule has 0 aliphatic heterocycles. The zero-order chi connectivity index (χ0) is 17.6. The van der Waals surface area contributed by atoms with E-state index in [9.17, 15) is 4.39 Å². The molecule has 0 bridgehead atoms. The highest BCUT2D eigenvalue weighted by Crippen LogP contribution is 2.13. The van der Waals surface area contributed by atoms with Crippen molar-refractivity contribution in [1.29, 1.82) is 0 Å². The van der Waals surface area contributed by atoms with E-state index in [4.69, 9.17) is 12.2 Å². The van der Waals surface area contributed by atoms with Gasteiger partial charge in [0.25, 0.3) is 0 Å². The monoisotopic (exact) mass is 354 g/mol. The van der Waals surface area contributed by atoms with Crippen LogP contribution in [-0.2, 0) is 13.1 Å². The standard InChI is InChI=1S/C19H19FN4S/c1-14-11-18(22-19(25)21-12-15-7-3-2-4-8-15)23-24(14)13-16-9-5-6-10-17(16)20/h2-11H,12-13H2,1H3,(H2,21,22,23,25). The highest BCUT2D eigenvalue weighted by atomic mass is 32.1. The summed E-state index contributed by atoms with van der Waals surface area (Å²) in [5, 5.41) is 11.2. The van der Waals surface area contributed by atoms with E-state index in [0.29, 0.717) is 29.6 Å². The lowest BCUT2D eigenvalue weighted by molar-refractivity contribution is 0.581. The lowest BCUT2D eigenvalue weighted by Gasteiger charge is -2.08. The third-order valence-corrected chi connectivity index (χ3v) is 4.04. The number of hydrogen-bond donors (Lipinski definition) is 2. The van der Waals surface area contributed by atoms with Crippen molar-refractivity contribution in [2.45, 2.75) is 20.0 Å². The van der Waals surface area contributed by atoms with Gasteiger partial charge in [-0.3, -0.25) is 4.68 Å². The summed E-state index contributed by atoms with van der Waals surface area (Å²) in [6, 6.07) is 18.6. The third-order valence-electron chi connectivity index (χ3n) is 3.80. The Morgan fingerprint density at radius 3 is 2.60 bits per heavy atom. The van der Waals surface area contributed by atoms with Gasteiger partial charge in [-0.25, -0.2) is 4.39 Å². The average Bonchev–Trinajstić information content (AvgIpc) is 2.95. The van der Waals surface area contributed by atoms with Crippen LogP contribution in [0.1, 0.15) is 16.8 Å². The molecule has 4 nitrogen and oxygen atoms in total. The van der Waals surface area contributed by atoms with Gasteiger partial charge in [-0.15, -0.1) is 0 Å². The maximum absolute atomic E-state index is 13.8. The first-order valence-electron chi connectivity index (χ1n) is 7.98. The first-order valence-corrected chi connectivity index (χ1v) is 8.39. The number of anilines is 1. The van der Waals surface area contributed by atoms with Gasteiger partial charge >= 0.3 is 0 Å². The molecule has 0 saturated carbocycles. The van der Waals surface area contributed by atoms with E-state index in [0.717, 1.165) is 11.3 Å². The molecule has 2 aromatic carbocycles. The maximum Gasteiger partial charge on any atom is 0.172 e. The number of nitrogens with one attached hydrogen (secondary N) is 2. The Morgan fingerprint density at radius 2 is 1.84 bits per heavy atom. The summed E-state index contributed by atoms with van der Waals surface area (Å²) < 4.78 is 15.5. The second kappa shape index (κ2) is 7.90. The average molecular weight is 354 g/mol. The van der Waals surface area contributed by atoms with Crippen molar-refractivity contribution in [2.75, 3.05) is 5.32 Å². The number of thiocarbonyl (C=S) groups is 1. The first kappa shape index (κ1) is 17.1. The number of hydrogen-bond acceptors (Lipinski definition) is 2. The Morgan fingerprint density at radius 1 is 1.12 bits per heavy atom. The van der Waals surface area contributed by atoms with Gasteiger partial charge in [0.15, 0.2) is 10.9 Å². The SMILES string of the molecule is Cc1cc(NC(=S)NCc2ccccc2)nn1Cc1ccccc1F. The molecule has 3 aromatic rings. The number of rotatable bonds is 5. The molecule has 0 unspecified atom stereocenters. The van der Waals surface area contributed by atoms with Crippen LogP contribution in [-0.4, -0.2) is 14.9 Å². The Labute approximate surface area is 151 Å². The minimum absolute atomic E-state index is 0.230. The molecular weight excluding hydrogens is 335 g/mol. The first-order chi connectivity index (χ1) is 12.1. The Hall–Kier alpha value is -2.73. The smallest absolute Gasteiger partial charge is 0.172 e. The topological polar surface area (TPSA) is 41.9 Å². The van der Waals surface area contributed by atoms with Gasteiger partial charge in [0, 0.05) is 23.9 Å². The molecule has 0 spiro atoms. The lowest BCUT2D eigenvalue weighted by Crippen LogP contribution is -2.28. The van der Waals surface area contributed by atoms with Crippen LogP contribution in [0.25, 0.3) is 0 Å². The van der Waals surface area contributed by atoms with E-state index in [2.05, 4.69) is 15.7 Å². The molecule has 1 aromatic heterocycles.